The second-order valence-electron chi connectivity index (χ2n) is 3.73. The highest BCUT2D eigenvalue weighted by Crippen LogP contribution is 2.26. The van der Waals surface area contributed by atoms with Gasteiger partial charge in [0.1, 0.15) is 6.04 Å². The lowest BCUT2D eigenvalue weighted by atomic mass is 10.1. The molecule has 1 atom stereocenters. The fourth-order valence-electron chi connectivity index (χ4n) is 1.49. The van der Waals surface area contributed by atoms with E-state index in [4.69, 9.17) is 5.11 Å². The number of carbonyl (C=O) groups is 1. The van der Waals surface area contributed by atoms with Crippen LogP contribution < -0.4 is 5.32 Å². The quantitative estimate of drug-likeness (QED) is 0.837. The summed E-state index contributed by atoms with van der Waals surface area (Å²) in [6.07, 6.45) is 2.18. The van der Waals surface area contributed by atoms with E-state index in [0.29, 0.717) is 6.04 Å². The Morgan fingerprint density at radius 1 is 1.47 bits per heavy atom. The van der Waals surface area contributed by atoms with Gasteiger partial charge in [-0.3, -0.25) is 10.1 Å². The van der Waals surface area contributed by atoms with Gasteiger partial charge in [0.2, 0.25) is 0 Å². The lowest BCUT2D eigenvalue weighted by Crippen LogP contribution is -2.30. The van der Waals surface area contributed by atoms with E-state index in [1.54, 1.807) is 0 Å². The number of hydrogen-bond acceptors (Lipinski definition) is 2. The monoisotopic (exact) mass is 317 g/mol. The van der Waals surface area contributed by atoms with Gasteiger partial charge in [0.15, 0.2) is 0 Å². The number of carboxylic acids is 1. The van der Waals surface area contributed by atoms with E-state index in [2.05, 4.69) is 27.9 Å². The zero-order valence-corrected chi connectivity index (χ0v) is 10.3. The smallest absolute Gasteiger partial charge is 0.325 e. The van der Waals surface area contributed by atoms with E-state index in [1.807, 2.05) is 24.3 Å². The van der Waals surface area contributed by atoms with Gasteiger partial charge < -0.3 is 5.11 Å². The summed E-state index contributed by atoms with van der Waals surface area (Å²) in [5.74, 6) is -0.800. The first-order valence-corrected chi connectivity index (χ1v) is 5.99. The van der Waals surface area contributed by atoms with E-state index in [9.17, 15) is 4.79 Å². The van der Waals surface area contributed by atoms with E-state index in [0.717, 1.165) is 22.0 Å². The maximum atomic E-state index is 11.1. The van der Waals surface area contributed by atoms with Crippen LogP contribution in [-0.4, -0.2) is 17.1 Å². The molecule has 0 spiro atoms. The van der Waals surface area contributed by atoms with Crippen molar-refractivity contribution in [3.05, 3.63) is 33.4 Å². The van der Waals surface area contributed by atoms with Crippen molar-refractivity contribution >= 4 is 28.6 Å². The lowest BCUT2D eigenvalue weighted by molar-refractivity contribution is -0.139. The highest BCUT2D eigenvalue weighted by atomic mass is 127. The first kappa shape index (κ1) is 10.9. The third-order valence-corrected chi connectivity index (χ3v) is 3.43. The summed E-state index contributed by atoms with van der Waals surface area (Å²) in [6, 6.07) is 7.42. The summed E-state index contributed by atoms with van der Waals surface area (Å²) in [6.45, 7) is 0. The fourth-order valence-corrected chi connectivity index (χ4v) is 2.19. The van der Waals surface area contributed by atoms with Crippen LogP contribution in [-0.2, 0) is 4.79 Å². The summed E-state index contributed by atoms with van der Waals surface area (Å²) in [5, 5.41) is 12.3. The molecule has 1 aliphatic carbocycles. The third kappa shape index (κ3) is 2.69. The van der Waals surface area contributed by atoms with E-state index in [1.165, 1.54) is 0 Å². The minimum Gasteiger partial charge on any atom is -0.480 e. The average molecular weight is 317 g/mol. The van der Waals surface area contributed by atoms with Crippen molar-refractivity contribution in [3.8, 4) is 0 Å². The molecule has 1 aliphatic rings. The Balaban J connectivity index is 2.22. The van der Waals surface area contributed by atoms with E-state index < -0.39 is 12.0 Å². The van der Waals surface area contributed by atoms with Crippen molar-refractivity contribution < 1.29 is 9.90 Å². The van der Waals surface area contributed by atoms with Crippen LogP contribution in [0.25, 0.3) is 0 Å². The second-order valence-corrected chi connectivity index (χ2v) is 4.90. The zero-order valence-electron chi connectivity index (χ0n) is 8.11. The number of rotatable bonds is 4. The van der Waals surface area contributed by atoms with Crippen LogP contribution in [0, 0.1) is 3.57 Å². The van der Waals surface area contributed by atoms with Gasteiger partial charge in [0, 0.05) is 9.61 Å². The number of aliphatic carboxylic acids is 1. The van der Waals surface area contributed by atoms with Crippen LogP contribution >= 0.6 is 22.6 Å². The van der Waals surface area contributed by atoms with Crippen molar-refractivity contribution in [1.82, 2.24) is 5.32 Å². The van der Waals surface area contributed by atoms with Crippen molar-refractivity contribution in [1.29, 1.82) is 0 Å². The fraction of sp³-hybridized carbons (Fsp3) is 0.364. The highest BCUT2D eigenvalue weighted by Gasteiger charge is 2.30. The van der Waals surface area contributed by atoms with Crippen LogP contribution in [0.1, 0.15) is 24.4 Å². The van der Waals surface area contributed by atoms with E-state index in [-0.39, 0.29) is 0 Å². The molecular formula is C11H12INO2. The molecule has 0 amide bonds. The molecule has 80 valence electrons. The Morgan fingerprint density at radius 3 is 2.67 bits per heavy atom. The molecule has 0 bridgehead atoms. The van der Waals surface area contributed by atoms with Gasteiger partial charge in [-0.1, -0.05) is 18.2 Å². The number of hydrogen-bond donors (Lipinski definition) is 2. The maximum Gasteiger partial charge on any atom is 0.325 e. The molecule has 1 unspecified atom stereocenters. The van der Waals surface area contributed by atoms with Crippen LogP contribution in [0.5, 0.6) is 0 Å². The molecule has 0 radical (unpaired) electrons. The van der Waals surface area contributed by atoms with Crippen molar-refractivity contribution in [2.24, 2.45) is 0 Å². The van der Waals surface area contributed by atoms with Crippen molar-refractivity contribution in [2.75, 3.05) is 0 Å². The Hall–Kier alpha value is -0.620. The molecule has 4 heteroatoms. The lowest BCUT2D eigenvalue weighted by Gasteiger charge is -2.15. The number of benzene rings is 1. The van der Waals surface area contributed by atoms with Gasteiger partial charge in [-0.2, -0.15) is 0 Å². The van der Waals surface area contributed by atoms with Crippen LogP contribution in [0.4, 0.5) is 0 Å². The predicted octanol–water partition coefficient (Wildman–Crippen LogP) is 2.17. The Morgan fingerprint density at radius 2 is 2.13 bits per heavy atom. The molecule has 1 fully saturated rings. The Labute approximate surface area is 102 Å². The molecule has 0 saturated heterocycles. The summed E-state index contributed by atoms with van der Waals surface area (Å²) in [4.78, 5) is 11.1. The van der Waals surface area contributed by atoms with E-state index >= 15 is 0 Å². The standard InChI is InChI=1S/C11H12INO2/c12-9-4-2-1-3-8(9)10(11(14)15)13-7-5-6-7/h1-4,7,10,13H,5-6H2,(H,14,15). The number of halogens is 1. The molecule has 0 heterocycles. The molecule has 1 saturated carbocycles. The zero-order chi connectivity index (χ0) is 10.8. The molecule has 2 N–H and O–H groups in total. The summed E-state index contributed by atoms with van der Waals surface area (Å²) >= 11 is 2.17. The third-order valence-electron chi connectivity index (χ3n) is 2.44. The summed E-state index contributed by atoms with van der Waals surface area (Å²) in [5.41, 5.74) is 0.859. The van der Waals surface area contributed by atoms with Crippen molar-refractivity contribution in [2.45, 2.75) is 24.9 Å². The molecule has 0 aromatic heterocycles. The molecule has 2 rings (SSSR count). The van der Waals surface area contributed by atoms with Gasteiger partial charge in [-0.15, -0.1) is 0 Å². The average Bonchev–Trinajstić information content (AvgIpc) is 2.99. The SMILES string of the molecule is O=C(O)C(NC1CC1)c1ccccc1I. The number of nitrogens with one attached hydrogen (secondary N) is 1. The molecule has 3 nitrogen and oxygen atoms in total. The second kappa shape index (κ2) is 4.49. The molecule has 15 heavy (non-hydrogen) atoms. The van der Waals surface area contributed by atoms with Crippen LogP contribution in [0.2, 0.25) is 0 Å². The van der Waals surface area contributed by atoms with Gasteiger partial charge in [0.25, 0.3) is 0 Å². The minimum atomic E-state index is -0.800. The molecule has 0 aliphatic heterocycles. The summed E-state index contributed by atoms with van der Waals surface area (Å²) in [7, 11) is 0. The van der Waals surface area contributed by atoms with Gasteiger partial charge in [-0.25, -0.2) is 0 Å². The van der Waals surface area contributed by atoms with Gasteiger partial charge in [-0.05, 0) is 47.1 Å². The maximum absolute atomic E-state index is 11.1. The minimum absolute atomic E-state index is 0.391. The Bertz CT molecular complexity index is 377. The largest absolute Gasteiger partial charge is 0.480 e. The molecular weight excluding hydrogens is 305 g/mol. The predicted molar refractivity (Wildman–Crippen MR) is 65.7 cm³/mol. The van der Waals surface area contributed by atoms with Gasteiger partial charge >= 0.3 is 5.97 Å². The van der Waals surface area contributed by atoms with Crippen LogP contribution in [0.3, 0.4) is 0 Å². The number of carboxylic acid groups (broad SMARTS) is 1. The first-order valence-electron chi connectivity index (χ1n) is 4.92. The molecule has 1 aromatic rings. The normalized spacial score (nSPS) is 17.4. The van der Waals surface area contributed by atoms with Crippen molar-refractivity contribution in [3.63, 3.8) is 0 Å². The highest BCUT2D eigenvalue weighted by molar-refractivity contribution is 14.1. The topological polar surface area (TPSA) is 49.3 Å². The van der Waals surface area contributed by atoms with Gasteiger partial charge in [0.05, 0.1) is 0 Å². The summed E-state index contributed by atoms with van der Waals surface area (Å²) < 4.78 is 0.996. The Kier molecular flexibility index (Phi) is 3.25. The molecule has 1 aromatic carbocycles. The first-order chi connectivity index (χ1) is 7.18. The van der Waals surface area contributed by atoms with Crippen LogP contribution in [0.15, 0.2) is 24.3 Å².